The summed E-state index contributed by atoms with van der Waals surface area (Å²) < 4.78 is 68.1. The first-order valence-electron chi connectivity index (χ1n) is 35.5. The SMILES string of the molecule is CCCCCCCCCCCCC(=O)O[C@H](COC(=O)CCCCCCCCCCC)COP(=O)(O)OC[C@H](O)COP(=O)(O)OC[C@@H](COC(=O)CCCCCCCCCC(C)C)OC(=O)CCCCCCCCCCCCCCCCC(C)CC. The van der Waals surface area contributed by atoms with Gasteiger partial charge in [0.15, 0.2) is 12.2 Å². The highest BCUT2D eigenvalue weighted by Gasteiger charge is 2.30. The van der Waals surface area contributed by atoms with Crippen molar-refractivity contribution in [3.8, 4) is 0 Å². The molecule has 0 saturated heterocycles. The van der Waals surface area contributed by atoms with Crippen molar-refractivity contribution < 1.29 is 80.2 Å². The molecule has 19 heteroatoms. The zero-order valence-electron chi connectivity index (χ0n) is 56.3. The lowest BCUT2D eigenvalue weighted by molar-refractivity contribution is -0.161. The van der Waals surface area contributed by atoms with Crippen molar-refractivity contribution in [2.45, 2.75) is 362 Å². The Hall–Kier alpha value is -1.94. The van der Waals surface area contributed by atoms with Crippen molar-refractivity contribution in [1.29, 1.82) is 0 Å². The third-order valence-electron chi connectivity index (χ3n) is 16.1. The molecule has 0 aliphatic heterocycles. The van der Waals surface area contributed by atoms with Gasteiger partial charge in [-0.3, -0.25) is 37.3 Å². The molecular formula is C68H132O17P2. The second-order valence-corrected chi connectivity index (χ2v) is 28.2. The Bertz CT molecular complexity index is 1700. The molecule has 0 aromatic rings. The van der Waals surface area contributed by atoms with Crippen LogP contribution in [0.1, 0.15) is 343 Å². The molecule has 0 heterocycles. The fraction of sp³-hybridized carbons (Fsp3) is 0.941. The third-order valence-corrected chi connectivity index (χ3v) is 18.0. The number of phosphoric acid groups is 2. The number of hydrogen-bond acceptors (Lipinski definition) is 15. The van der Waals surface area contributed by atoms with Crippen LogP contribution in [0.5, 0.6) is 0 Å². The predicted octanol–water partition coefficient (Wildman–Crippen LogP) is 19.2. The van der Waals surface area contributed by atoms with E-state index in [1.54, 1.807) is 0 Å². The molecular weight excluding hydrogens is 1150 g/mol. The van der Waals surface area contributed by atoms with Crippen LogP contribution < -0.4 is 0 Å². The monoisotopic (exact) mass is 1280 g/mol. The summed E-state index contributed by atoms with van der Waals surface area (Å²) in [6, 6.07) is 0. The van der Waals surface area contributed by atoms with Gasteiger partial charge < -0.3 is 33.8 Å². The maximum absolute atomic E-state index is 13.0. The fourth-order valence-electron chi connectivity index (χ4n) is 10.2. The van der Waals surface area contributed by atoms with Crippen molar-refractivity contribution in [3.63, 3.8) is 0 Å². The molecule has 0 aromatic carbocycles. The van der Waals surface area contributed by atoms with E-state index in [1.807, 2.05) is 0 Å². The standard InChI is InChI=1S/C68H132O17P2/c1-7-10-12-14-16-18-27-33-40-46-52-67(72)84-63(56-78-65(70)50-44-38-32-25-17-15-13-11-8-2)58-82-86(74,75)80-54-62(69)55-81-87(76,77)83-59-64(57-79-66(71)51-45-39-35-29-30-36-42-48-60(4)5)85-68(73)53-47-41-34-28-24-22-20-19-21-23-26-31-37-43-49-61(6)9-3/h60-64,69H,7-59H2,1-6H3,(H,74,75)(H,76,77)/t61?,62-,63+,64+/m0/s1. The second kappa shape index (κ2) is 60.3. The first kappa shape index (κ1) is 85.1. The molecule has 516 valence electrons. The van der Waals surface area contributed by atoms with Crippen molar-refractivity contribution in [3.05, 3.63) is 0 Å². The number of phosphoric ester groups is 2. The minimum Gasteiger partial charge on any atom is -0.462 e. The van der Waals surface area contributed by atoms with Gasteiger partial charge in [-0.25, -0.2) is 9.13 Å². The molecule has 0 bridgehead atoms. The zero-order valence-corrected chi connectivity index (χ0v) is 58.1. The summed E-state index contributed by atoms with van der Waals surface area (Å²) in [5.41, 5.74) is 0. The third kappa shape index (κ3) is 61.3. The molecule has 0 spiro atoms. The first-order valence-corrected chi connectivity index (χ1v) is 38.5. The van der Waals surface area contributed by atoms with Crippen LogP contribution in [0.25, 0.3) is 0 Å². The molecule has 3 N–H and O–H groups in total. The molecule has 0 aliphatic rings. The minimum atomic E-state index is -4.95. The van der Waals surface area contributed by atoms with E-state index in [4.69, 9.17) is 37.0 Å². The largest absolute Gasteiger partial charge is 0.472 e. The number of ether oxygens (including phenoxy) is 4. The van der Waals surface area contributed by atoms with Crippen LogP contribution in [0.15, 0.2) is 0 Å². The Morgan fingerprint density at radius 3 is 0.874 bits per heavy atom. The van der Waals surface area contributed by atoms with Crippen molar-refractivity contribution in [1.82, 2.24) is 0 Å². The van der Waals surface area contributed by atoms with Crippen LogP contribution in [0.3, 0.4) is 0 Å². The molecule has 3 unspecified atom stereocenters. The van der Waals surface area contributed by atoms with Crippen molar-refractivity contribution in [2.75, 3.05) is 39.6 Å². The van der Waals surface area contributed by atoms with Gasteiger partial charge in [0.05, 0.1) is 26.4 Å². The molecule has 0 fully saturated rings. The number of unbranched alkanes of at least 4 members (excludes halogenated alkanes) is 36. The van der Waals surface area contributed by atoms with Crippen LogP contribution in [0.2, 0.25) is 0 Å². The highest BCUT2D eigenvalue weighted by atomic mass is 31.2. The molecule has 87 heavy (non-hydrogen) atoms. The van der Waals surface area contributed by atoms with Crippen LogP contribution in [-0.4, -0.2) is 96.7 Å². The molecule has 0 rings (SSSR count). The van der Waals surface area contributed by atoms with Gasteiger partial charge in [0.25, 0.3) is 0 Å². The van der Waals surface area contributed by atoms with Crippen molar-refractivity contribution >= 4 is 39.5 Å². The second-order valence-electron chi connectivity index (χ2n) is 25.3. The van der Waals surface area contributed by atoms with Crippen LogP contribution in [0.4, 0.5) is 0 Å². The zero-order chi connectivity index (χ0) is 64.3. The number of aliphatic hydroxyl groups excluding tert-OH is 1. The van der Waals surface area contributed by atoms with E-state index in [9.17, 15) is 43.2 Å². The van der Waals surface area contributed by atoms with Gasteiger partial charge in [-0.05, 0) is 37.5 Å². The molecule has 0 amide bonds. The van der Waals surface area contributed by atoms with Crippen molar-refractivity contribution in [2.24, 2.45) is 11.8 Å². The van der Waals surface area contributed by atoms with E-state index in [0.29, 0.717) is 31.6 Å². The lowest BCUT2D eigenvalue weighted by Gasteiger charge is -2.21. The predicted molar refractivity (Wildman–Crippen MR) is 349 cm³/mol. The van der Waals surface area contributed by atoms with Gasteiger partial charge in [0.1, 0.15) is 19.3 Å². The fourth-order valence-corrected chi connectivity index (χ4v) is 11.8. The molecule has 6 atom stereocenters. The van der Waals surface area contributed by atoms with E-state index in [1.165, 1.54) is 154 Å². The Morgan fingerprint density at radius 2 is 0.586 bits per heavy atom. The number of hydrogen-bond donors (Lipinski definition) is 3. The Morgan fingerprint density at radius 1 is 0.333 bits per heavy atom. The van der Waals surface area contributed by atoms with E-state index in [0.717, 1.165) is 102 Å². The van der Waals surface area contributed by atoms with E-state index in [2.05, 4.69) is 41.5 Å². The summed E-state index contributed by atoms with van der Waals surface area (Å²) >= 11 is 0. The molecule has 0 radical (unpaired) electrons. The topological polar surface area (TPSA) is 237 Å². The number of esters is 4. The number of rotatable bonds is 67. The first-order chi connectivity index (χ1) is 41.9. The van der Waals surface area contributed by atoms with Crippen LogP contribution in [0, 0.1) is 11.8 Å². The highest BCUT2D eigenvalue weighted by Crippen LogP contribution is 2.45. The lowest BCUT2D eigenvalue weighted by Crippen LogP contribution is -2.30. The minimum absolute atomic E-state index is 0.106. The van der Waals surface area contributed by atoms with Gasteiger partial charge in [-0.15, -0.1) is 0 Å². The summed E-state index contributed by atoms with van der Waals surface area (Å²) in [5.74, 6) is -0.579. The van der Waals surface area contributed by atoms with Gasteiger partial charge in [-0.2, -0.15) is 0 Å². The summed E-state index contributed by atoms with van der Waals surface area (Å²) in [6.07, 6.45) is 44.4. The van der Waals surface area contributed by atoms with Gasteiger partial charge in [0.2, 0.25) is 0 Å². The van der Waals surface area contributed by atoms with Crippen LogP contribution in [-0.2, 0) is 65.4 Å². The van der Waals surface area contributed by atoms with E-state index in [-0.39, 0.29) is 25.7 Å². The summed E-state index contributed by atoms with van der Waals surface area (Å²) in [4.78, 5) is 72.3. The maximum atomic E-state index is 13.0. The Labute approximate surface area is 530 Å². The number of aliphatic hydroxyl groups is 1. The van der Waals surface area contributed by atoms with Crippen LogP contribution >= 0.6 is 15.6 Å². The average molecular weight is 1280 g/mol. The van der Waals surface area contributed by atoms with Gasteiger partial charge >= 0.3 is 39.5 Å². The summed E-state index contributed by atoms with van der Waals surface area (Å²) in [5, 5.41) is 10.6. The summed E-state index contributed by atoms with van der Waals surface area (Å²) in [6.45, 7) is 9.50. The lowest BCUT2D eigenvalue weighted by atomic mass is 9.99. The maximum Gasteiger partial charge on any atom is 0.472 e. The van der Waals surface area contributed by atoms with E-state index < -0.39 is 97.5 Å². The molecule has 0 aliphatic carbocycles. The molecule has 0 saturated carbocycles. The molecule has 17 nitrogen and oxygen atoms in total. The Kier molecular flexibility index (Phi) is 59.0. The molecule has 0 aromatic heterocycles. The Balaban J connectivity index is 5.19. The smallest absolute Gasteiger partial charge is 0.462 e. The number of carbonyl (C=O) groups is 4. The highest BCUT2D eigenvalue weighted by molar-refractivity contribution is 7.47. The van der Waals surface area contributed by atoms with E-state index >= 15 is 0 Å². The quantitative estimate of drug-likeness (QED) is 0.0222. The summed E-state index contributed by atoms with van der Waals surface area (Å²) in [7, 11) is -9.89. The van der Waals surface area contributed by atoms with Gasteiger partial charge in [0, 0.05) is 25.7 Å². The number of carbonyl (C=O) groups excluding carboxylic acids is 4. The average Bonchev–Trinajstić information content (AvgIpc) is 3.69. The van der Waals surface area contributed by atoms with Gasteiger partial charge in [-0.1, -0.05) is 292 Å². The normalized spacial score (nSPS) is 14.5.